The summed E-state index contributed by atoms with van der Waals surface area (Å²) in [7, 11) is 1.69. The molecule has 0 fully saturated rings. The van der Waals surface area contributed by atoms with Crippen molar-refractivity contribution in [2.75, 3.05) is 12.8 Å². The topological polar surface area (TPSA) is 61.0 Å². The van der Waals surface area contributed by atoms with Crippen LogP contribution in [0.3, 0.4) is 0 Å². The summed E-state index contributed by atoms with van der Waals surface area (Å²) in [6.45, 7) is 3.96. The fourth-order valence-electron chi connectivity index (χ4n) is 1.78. The zero-order chi connectivity index (χ0) is 14.7. The van der Waals surface area contributed by atoms with E-state index in [-0.39, 0.29) is 0 Å². The van der Waals surface area contributed by atoms with Crippen molar-refractivity contribution in [1.29, 1.82) is 0 Å². The summed E-state index contributed by atoms with van der Waals surface area (Å²) >= 11 is 3.87. The first-order valence-corrected chi connectivity index (χ1v) is 8.08. The van der Waals surface area contributed by atoms with Crippen LogP contribution in [0.25, 0.3) is 0 Å². The summed E-state index contributed by atoms with van der Waals surface area (Å²) in [6.07, 6.45) is 2.71. The summed E-state index contributed by atoms with van der Waals surface area (Å²) in [5, 5.41) is 0. The second-order valence-electron chi connectivity index (χ2n) is 4.22. The standard InChI is InChI=1S/C14H16IN3OS/c1-4-9-5-11(19-3)10(15)6-12(9)20-13-7-17-8(2)18-14(13)16/h5-7H,4H2,1-3H3,(H2,16,17,18). The van der Waals surface area contributed by atoms with Crippen molar-refractivity contribution >= 4 is 40.2 Å². The molecule has 0 bridgehead atoms. The van der Waals surface area contributed by atoms with Gasteiger partial charge in [-0.15, -0.1) is 0 Å². The van der Waals surface area contributed by atoms with Gasteiger partial charge in [-0.25, -0.2) is 9.97 Å². The van der Waals surface area contributed by atoms with E-state index in [4.69, 9.17) is 10.5 Å². The van der Waals surface area contributed by atoms with Gasteiger partial charge < -0.3 is 10.5 Å². The first-order chi connectivity index (χ1) is 9.55. The lowest BCUT2D eigenvalue weighted by Crippen LogP contribution is -1.98. The Hall–Kier alpha value is -1.02. The average molecular weight is 401 g/mol. The summed E-state index contributed by atoms with van der Waals surface area (Å²) in [4.78, 5) is 10.5. The Morgan fingerprint density at radius 3 is 2.70 bits per heavy atom. The average Bonchev–Trinajstić information content (AvgIpc) is 2.42. The Labute approximate surface area is 136 Å². The second-order valence-corrected chi connectivity index (χ2v) is 6.46. The van der Waals surface area contributed by atoms with Gasteiger partial charge in [-0.3, -0.25) is 0 Å². The van der Waals surface area contributed by atoms with Crippen molar-refractivity contribution in [2.24, 2.45) is 0 Å². The molecule has 0 aliphatic carbocycles. The summed E-state index contributed by atoms with van der Waals surface area (Å²) < 4.78 is 6.45. The summed E-state index contributed by atoms with van der Waals surface area (Å²) in [6, 6.07) is 4.19. The number of rotatable bonds is 4. The van der Waals surface area contributed by atoms with Crippen molar-refractivity contribution in [2.45, 2.75) is 30.1 Å². The molecule has 0 unspecified atom stereocenters. The summed E-state index contributed by atoms with van der Waals surface area (Å²) in [5.74, 6) is 2.11. The zero-order valence-electron chi connectivity index (χ0n) is 11.6. The van der Waals surface area contributed by atoms with Crippen LogP contribution >= 0.6 is 34.4 Å². The number of hydrogen-bond acceptors (Lipinski definition) is 5. The van der Waals surface area contributed by atoms with Crippen molar-refractivity contribution in [1.82, 2.24) is 9.97 Å². The molecule has 1 aromatic heterocycles. The number of ether oxygens (including phenoxy) is 1. The molecule has 4 nitrogen and oxygen atoms in total. The highest BCUT2D eigenvalue weighted by atomic mass is 127. The van der Waals surface area contributed by atoms with Gasteiger partial charge in [-0.1, -0.05) is 18.7 Å². The maximum absolute atomic E-state index is 5.96. The fourth-order valence-corrected chi connectivity index (χ4v) is 3.68. The Bertz CT molecular complexity index is 634. The SMILES string of the molecule is CCc1cc(OC)c(I)cc1Sc1cnc(C)nc1N. The number of nitrogens with zero attached hydrogens (tertiary/aromatic N) is 2. The fraction of sp³-hybridized carbons (Fsp3) is 0.286. The third kappa shape index (κ3) is 3.35. The molecule has 0 aliphatic heterocycles. The van der Waals surface area contributed by atoms with Gasteiger partial charge in [-0.05, 0) is 53.6 Å². The molecule has 0 radical (unpaired) electrons. The van der Waals surface area contributed by atoms with Gasteiger partial charge >= 0.3 is 0 Å². The number of aromatic nitrogens is 2. The van der Waals surface area contributed by atoms with E-state index in [1.165, 1.54) is 5.56 Å². The molecule has 6 heteroatoms. The van der Waals surface area contributed by atoms with Crippen molar-refractivity contribution in [3.05, 3.63) is 33.3 Å². The molecule has 2 N–H and O–H groups in total. The van der Waals surface area contributed by atoms with E-state index in [0.717, 1.165) is 25.5 Å². The summed E-state index contributed by atoms with van der Waals surface area (Å²) in [5.41, 5.74) is 7.19. The number of hydrogen-bond donors (Lipinski definition) is 1. The van der Waals surface area contributed by atoms with E-state index >= 15 is 0 Å². The highest BCUT2D eigenvalue weighted by molar-refractivity contribution is 14.1. The first-order valence-electron chi connectivity index (χ1n) is 6.18. The molecule has 1 aromatic carbocycles. The minimum atomic E-state index is 0.523. The van der Waals surface area contributed by atoms with Gasteiger partial charge in [0.05, 0.1) is 15.6 Å². The van der Waals surface area contributed by atoms with Crippen LogP contribution < -0.4 is 10.5 Å². The minimum Gasteiger partial charge on any atom is -0.496 e. The minimum absolute atomic E-state index is 0.523. The Balaban J connectivity index is 2.40. The number of aryl methyl sites for hydroxylation is 2. The monoisotopic (exact) mass is 401 g/mol. The lowest BCUT2D eigenvalue weighted by Gasteiger charge is -2.12. The second kappa shape index (κ2) is 6.62. The third-order valence-corrected chi connectivity index (χ3v) is 4.82. The smallest absolute Gasteiger partial charge is 0.141 e. The van der Waals surface area contributed by atoms with Gasteiger partial charge in [0, 0.05) is 11.1 Å². The van der Waals surface area contributed by atoms with Crippen LogP contribution in [0.5, 0.6) is 5.75 Å². The molecule has 0 amide bonds. The van der Waals surface area contributed by atoms with Crippen LogP contribution in [-0.4, -0.2) is 17.1 Å². The van der Waals surface area contributed by atoms with Crippen LogP contribution in [0.4, 0.5) is 5.82 Å². The van der Waals surface area contributed by atoms with Crippen LogP contribution in [0.15, 0.2) is 28.1 Å². The third-order valence-electron chi connectivity index (χ3n) is 2.84. The Morgan fingerprint density at radius 1 is 1.35 bits per heavy atom. The number of anilines is 1. The predicted octanol–water partition coefficient (Wildman–Crippen LogP) is 3.69. The lowest BCUT2D eigenvalue weighted by atomic mass is 10.1. The Morgan fingerprint density at radius 2 is 2.10 bits per heavy atom. The molecule has 0 saturated carbocycles. The highest BCUT2D eigenvalue weighted by Crippen LogP contribution is 2.37. The predicted molar refractivity (Wildman–Crippen MR) is 90.4 cm³/mol. The van der Waals surface area contributed by atoms with Crippen LogP contribution in [0, 0.1) is 10.5 Å². The maximum Gasteiger partial charge on any atom is 0.141 e. The molecule has 0 spiro atoms. The molecule has 20 heavy (non-hydrogen) atoms. The van der Waals surface area contributed by atoms with Gasteiger partial charge in [0.1, 0.15) is 17.4 Å². The van der Waals surface area contributed by atoms with Gasteiger partial charge in [0.25, 0.3) is 0 Å². The number of nitrogen functional groups attached to an aromatic ring is 1. The molecular formula is C14H16IN3OS. The number of nitrogens with two attached hydrogens (primary N) is 1. The number of halogens is 1. The normalized spacial score (nSPS) is 10.6. The molecule has 106 valence electrons. The molecule has 2 aromatic rings. The largest absolute Gasteiger partial charge is 0.496 e. The maximum atomic E-state index is 5.96. The number of methoxy groups -OCH3 is 1. The van der Waals surface area contributed by atoms with Crippen molar-refractivity contribution < 1.29 is 4.74 Å². The van der Waals surface area contributed by atoms with Crippen LogP contribution in [-0.2, 0) is 6.42 Å². The van der Waals surface area contributed by atoms with Crippen LogP contribution in [0.2, 0.25) is 0 Å². The van der Waals surface area contributed by atoms with E-state index in [1.54, 1.807) is 25.1 Å². The molecule has 0 aliphatic rings. The molecule has 2 rings (SSSR count). The van der Waals surface area contributed by atoms with E-state index < -0.39 is 0 Å². The molecular weight excluding hydrogens is 385 g/mol. The lowest BCUT2D eigenvalue weighted by molar-refractivity contribution is 0.411. The zero-order valence-corrected chi connectivity index (χ0v) is 14.6. The molecule has 0 atom stereocenters. The number of benzene rings is 1. The van der Waals surface area contributed by atoms with Crippen LogP contribution in [0.1, 0.15) is 18.3 Å². The molecule has 1 heterocycles. The quantitative estimate of drug-likeness (QED) is 0.792. The Kier molecular flexibility index (Phi) is 5.09. The van der Waals surface area contributed by atoms with Gasteiger partial charge in [0.2, 0.25) is 0 Å². The first kappa shape index (κ1) is 15.4. The van der Waals surface area contributed by atoms with E-state index in [9.17, 15) is 0 Å². The van der Waals surface area contributed by atoms with E-state index in [2.05, 4.69) is 51.6 Å². The van der Waals surface area contributed by atoms with E-state index in [1.807, 2.05) is 6.92 Å². The van der Waals surface area contributed by atoms with Crippen molar-refractivity contribution in [3.63, 3.8) is 0 Å². The van der Waals surface area contributed by atoms with Gasteiger partial charge in [0.15, 0.2) is 0 Å². The van der Waals surface area contributed by atoms with Gasteiger partial charge in [-0.2, -0.15) is 0 Å². The van der Waals surface area contributed by atoms with Crippen molar-refractivity contribution in [3.8, 4) is 5.75 Å². The highest BCUT2D eigenvalue weighted by Gasteiger charge is 2.11. The van der Waals surface area contributed by atoms with E-state index in [0.29, 0.717) is 11.6 Å². The molecule has 0 saturated heterocycles.